The fourth-order valence-corrected chi connectivity index (χ4v) is 3.10. The second kappa shape index (κ2) is 5.01. The van der Waals surface area contributed by atoms with Gasteiger partial charge in [-0.2, -0.15) is 0 Å². The molecule has 6 nitrogen and oxygen atoms in total. The van der Waals surface area contributed by atoms with Gasteiger partial charge >= 0.3 is 0 Å². The highest BCUT2D eigenvalue weighted by atomic mass is 16.5. The number of hydrogen-bond donors (Lipinski definition) is 3. The van der Waals surface area contributed by atoms with Crippen LogP contribution in [0.2, 0.25) is 0 Å². The van der Waals surface area contributed by atoms with Crippen molar-refractivity contribution >= 4 is 23.1 Å². The van der Waals surface area contributed by atoms with Gasteiger partial charge in [-0.1, -0.05) is 6.08 Å². The first-order chi connectivity index (χ1) is 11.2. The van der Waals surface area contributed by atoms with Crippen molar-refractivity contribution in [1.29, 1.82) is 0 Å². The second-order valence-corrected chi connectivity index (χ2v) is 5.59. The lowest BCUT2D eigenvalue weighted by atomic mass is 9.91. The number of aromatic nitrogens is 1. The third-order valence-electron chi connectivity index (χ3n) is 4.28. The Bertz CT molecular complexity index is 851. The van der Waals surface area contributed by atoms with Gasteiger partial charge in [-0.15, -0.1) is 0 Å². The maximum absolute atomic E-state index is 12.3. The van der Waals surface area contributed by atoms with Gasteiger partial charge in [0.2, 0.25) is 0 Å². The van der Waals surface area contributed by atoms with E-state index in [1.165, 1.54) is 0 Å². The van der Waals surface area contributed by atoms with Gasteiger partial charge in [-0.3, -0.25) is 9.59 Å². The molecule has 1 aromatic heterocycles. The molecule has 0 bridgehead atoms. The van der Waals surface area contributed by atoms with Crippen LogP contribution < -0.4 is 15.4 Å². The number of nitrogens with one attached hydrogen (secondary N) is 3. The molecule has 0 spiro atoms. The predicted molar refractivity (Wildman–Crippen MR) is 85.5 cm³/mol. The van der Waals surface area contributed by atoms with Crippen LogP contribution in [0.25, 0.3) is 5.57 Å². The lowest BCUT2D eigenvalue weighted by Crippen LogP contribution is -2.33. The first-order valence-electron chi connectivity index (χ1n) is 7.34. The summed E-state index contributed by atoms with van der Waals surface area (Å²) in [6.45, 7) is 0.472. The number of carbonyl (C=O) groups is 2. The third kappa shape index (κ3) is 2.11. The Balaban J connectivity index is 1.78. The summed E-state index contributed by atoms with van der Waals surface area (Å²) in [5, 5.41) is 5.71. The van der Waals surface area contributed by atoms with Crippen LogP contribution in [-0.4, -0.2) is 30.5 Å². The molecule has 6 heteroatoms. The third-order valence-corrected chi connectivity index (χ3v) is 4.28. The van der Waals surface area contributed by atoms with Gasteiger partial charge in [0.25, 0.3) is 11.8 Å². The minimum atomic E-state index is -0.137. The number of amides is 2. The Labute approximate surface area is 132 Å². The SMILES string of the molecule is COc1ccc2c(c1)C(=CC1CNC(=O)c3c[nH]cc31)C(=O)N2. The van der Waals surface area contributed by atoms with Crippen molar-refractivity contribution in [3.8, 4) is 5.75 Å². The summed E-state index contributed by atoms with van der Waals surface area (Å²) in [6.07, 6.45) is 5.41. The van der Waals surface area contributed by atoms with Crippen LogP contribution >= 0.6 is 0 Å². The number of aromatic amines is 1. The molecule has 3 N–H and O–H groups in total. The molecule has 0 saturated heterocycles. The molecule has 0 aliphatic carbocycles. The van der Waals surface area contributed by atoms with Gasteiger partial charge in [0, 0.05) is 41.7 Å². The molecule has 2 aliphatic heterocycles. The van der Waals surface area contributed by atoms with E-state index in [9.17, 15) is 9.59 Å². The number of methoxy groups -OCH3 is 1. The van der Waals surface area contributed by atoms with Crippen molar-refractivity contribution < 1.29 is 14.3 Å². The molecule has 2 aliphatic rings. The highest BCUT2D eigenvalue weighted by Crippen LogP contribution is 2.37. The molecule has 1 aromatic carbocycles. The summed E-state index contributed by atoms with van der Waals surface area (Å²) in [5.74, 6) is 0.424. The number of ether oxygens (including phenoxy) is 1. The van der Waals surface area contributed by atoms with Crippen LogP contribution in [-0.2, 0) is 4.79 Å². The molecule has 2 aromatic rings. The maximum atomic E-state index is 12.3. The molecule has 0 fully saturated rings. The van der Waals surface area contributed by atoms with Gasteiger partial charge in [0.05, 0.1) is 12.7 Å². The van der Waals surface area contributed by atoms with E-state index in [-0.39, 0.29) is 17.7 Å². The van der Waals surface area contributed by atoms with Crippen LogP contribution in [0, 0.1) is 0 Å². The molecule has 23 heavy (non-hydrogen) atoms. The second-order valence-electron chi connectivity index (χ2n) is 5.59. The van der Waals surface area contributed by atoms with Crippen molar-refractivity contribution in [3.05, 3.63) is 53.4 Å². The smallest absolute Gasteiger partial charge is 0.256 e. The number of benzene rings is 1. The predicted octanol–water partition coefficient (Wildman–Crippen LogP) is 1.89. The molecule has 1 unspecified atom stereocenters. The van der Waals surface area contributed by atoms with Gasteiger partial charge in [0.1, 0.15) is 5.75 Å². The Hall–Kier alpha value is -3.02. The zero-order valence-corrected chi connectivity index (χ0v) is 12.5. The molecule has 0 saturated carbocycles. The van der Waals surface area contributed by atoms with Crippen LogP contribution in [0.15, 0.2) is 36.7 Å². The van der Waals surface area contributed by atoms with Crippen LogP contribution in [0.1, 0.15) is 27.4 Å². The number of hydrogen-bond acceptors (Lipinski definition) is 3. The summed E-state index contributed by atoms with van der Waals surface area (Å²) in [4.78, 5) is 27.1. The highest BCUT2D eigenvalue weighted by molar-refractivity contribution is 6.31. The van der Waals surface area contributed by atoms with Crippen LogP contribution in [0.4, 0.5) is 5.69 Å². The van der Waals surface area contributed by atoms with E-state index in [0.717, 1.165) is 16.8 Å². The van der Waals surface area contributed by atoms with E-state index in [0.29, 0.717) is 23.4 Å². The van der Waals surface area contributed by atoms with Gasteiger partial charge in [-0.25, -0.2) is 0 Å². The average molecular weight is 309 g/mol. The number of carbonyl (C=O) groups excluding carboxylic acids is 2. The molecule has 0 radical (unpaired) electrons. The topological polar surface area (TPSA) is 83.2 Å². The Kier molecular flexibility index (Phi) is 2.97. The molecular weight excluding hydrogens is 294 g/mol. The Morgan fingerprint density at radius 1 is 1.17 bits per heavy atom. The minimum absolute atomic E-state index is 0.0492. The summed E-state index contributed by atoms with van der Waals surface area (Å²) < 4.78 is 5.24. The van der Waals surface area contributed by atoms with Crippen LogP contribution in [0.3, 0.4) is 0 Å². The highest BCUT2D eigenvalue weighted by Gasteiger charge is 2.29. The van der Waals surface area contributed by atoms with Gasteiger partial charge < -0.3 is 20.4 Å². The van der Waals surface area contributed by atoms with Crippen molar-refractivity contribution in [2.75, 3.05) is 19.0 Å². The van der Waals surface area contributed by atoms with Crippen molar-refractivity contribution in [2.45, 2.75) is 5.92 Å². The first-order valence-corrected chi connectivity index (χ1v) is 7.34. The largest absolute Gasteiger partial charge is 0.497 e. The van der Waals surface area contributed by atoms with E-state index in [4.69, 9.17) is 4.74 Å². The summed E-state index contributed by atoms with van der Waals surface area (Å²) in [6, 6.07) is 5.49. The minimum Gasteiger partial charge on any atom is -0.497 e. The standard InChI is InChI=1S/C17H15N3O3/c1-23-10-2-3-15-11(5-10)12(17(22)20-15)4-9-6-19-16(21)14-8-18-7-13(9)14/h2-5,7-9,18H,6H2,1H3,(H,19,21)(H,20,22). The van der Waals surface area contributed by atoms with E-state index in [1.54, 1.807) is 13.3 Å². The summed E-state index contributed by atoms with van der Waals surface area (Å²) in [5.41, 5.74) is 3.74. The van der Waals surface area contributed by atoms with E-state index in [1.807, 2.05) is 30.5 Å². The summed E-state index contributed by atoms with van der Waals surface area (Å²) in [7, 11) is 1.60. The number of rotatable bonds is 2. The molecule has 116 valence electrons. The lowest BCUT2D eigenvalue weighted by Gasteiger charge is -2.20. The fraction of sp³-hybridized carbons (Fsp3) is 0.176. The Morgan fingerprint density at radius 3 is 2.87 bits per heavy atom. The average Bonchev–Trinajstić information content (AvgIpc) is 3.15. The van der Waals surface area contributed by atoms with E-state index >= 15 is 0 Å². The number of H-pyrrole nitrogens is 1. The summed E-state index contributed by atoms with van der Waals surface area (Å²) >= 11 is 0. The van der Waals surface area contributed by atoms with Crippen molar-refractivity contribution in [3.63, 3.8) is 0 Å². The van der Waals surface area contributed by atoms with Crippen molar-refractivity contribution in [2.24, 2.45) is 0 Å². The van der Waals surface area contributed by atoms with Crippen molar-refractivity contribution in [1.82, 2.24) is 10.3 Å². The lowest BCUT2D eigenvalue weighted by molar-refractivity contribution is -0.110. The number of fused-ring (bicyclic) bond motifs is 2. The van der Waals surface area contributed by atoms with Gasteiger partial charge in [-0.05, 0) is 23.8 Å². The Morgan fingerprint density at radius 2 is 2.04 bits per heavy atom. The molecule has 4 rings (SSSR count). The number of anilines is 1. The fourth-order valence-electron chi connectivity index (χ4n) is 3.10. The normalized spacial score (nSPS) is 20.7. The zero-order valence-electron chi connectivity index (χ0n) is 12.5. The quantitative estimate of drug-likeness (QED) is 0.741. The monoisotopic (exact) mass is 309 g/mol. The molecule has 3 heterocycles. The molecule has 1 atom stereocenters. The van der Waals surface area contributed by atoms with Crippen LogP contribution in [0.5, 0.6) is 5.75 Å². The van der Waals surface area contributed by atoms with Gasteiger partial charge in [0.15, 0.2) is 0 Å². The molecular formula is C17H15N3O3. The molecule has 2 amide bonds. The zero-order chi connectivity index (χ0) is 16.0. The first kappa shape index (κ1) is 13.6. The maximum Gasteiger partial charge on any atom is 0.256 e. The van der Waals surface area contributed by atoms with E-state index in [2.05, 4.69) is 15.6 Å². The van der Waals surface area contributed by atoms with E-state index < -0.39 is 0 Å².